The van der Waals surface area contributed by atoms with Gasteiger partial charge in [0.1, 0.15) is 0 Å². The van der Waals surface area contributed by atoms with Gasteiger partial charge in [-0.25, -0.2) is 0 Å². The first-order valence-corrected chi connectivity index (χ1v) is 6.23. The smallest absolute Gasteiger partial charge is 0.323 e. The van der Waals surface area contributed by atoms with E-state index in [0.29, 0.717) is 12.6 Å². The van der Waals surface area contributed by atoms with Crippen molar-refractivity contribution in [1.82, 2.24) is 15.0 Å². The van der Waals surface area contributed by atoms with Crippen molar-refractivity contribution in [2.75, 3.05) is 17.7 Å². The largest absolute Gasteiger partial charge is 0.463 e. The summed E-state index contributed by atoms with van der Waals surface area (Å²) in [6.07, 6.45) is 0.896. The third-order valence-corrected chi connectivity index (χ3v) is 2.71. The lowest BCUT2D eigenvalue weighted by Gasteiger charge is -2.28. The van der Waals surface area contributed by atoms with Gasteiger partial charge in [-0.15, -0.1) is 0 Å². The summed E-state index contributed by atoms with van der Waals surface area (Å²) >= 11 is 0. The highest BCUT2D eigenvalue weighted by Gasteiger charge is 2.21. The molecule has 0 spiro atoms. The number of nitrogen functional groups attached to an aromatic ring is 1. The van der Waals surface area contributed by atoms with Gasteiger partial charge in [-0.05, 0) is 18.8 Å². The Morgan fingerprint density at radius 1 is 1.28 bits per heavy atom. The van der Waals surface area contributed by atoms with E-state index in [2.05, 4.69) is 48.0 Å². The minimum Gasteiger partial charge on any atom is -0.463 e. The number of nitrogens with two attached hydrogens (primary N) is 1. The highest BCUT2D eigenvalue weighted by Crippen LogP contribution is 2.22. The van der Waals surface area contributed by atoms with Gasteiger partial charge in [0, 0.05) is 6.04 Å². The van der Waals surface area contributed by atoms with E-state index in [4.69, 9.17) is 10.5 Å². The van der Waals surface area contributed by atoms with Gasteiger partial charge in [-0.3, -0.25) is 0 Å². The predicted molar refractivity (Wildman–Crippen MR) is 72.6 cm³/mol. The van der Waals surface area contributed by atoms with Crippen LogP contribution in [0.25, 0.3) is 0 Å². The number of hydrogen-bond donors (Lipinski definition) is 2. The van der Waals surface area contributed by atoms with Crippen LogP contribution in [0.4, 0.5) is 11.9 Å². The van der Waals surface area contributed by atoms with E-state index in [0.717, 1.165) is 6.42 Å². The molecule has 1 aromatic rings. The van der Waals surface area contributed by atoms with Crippen molar-refractivity contribution >= 4 is 11.9 Å². The lowest BCUT2D eigenvalue weighted by atomic mass is 9.88. The molecular formula is C12H23N5O. The van der Waals surface area contributed by atoms with Gasteiger partial charge in [-0.2, -0.15) is 15.0 Å². The van der Waals surface area contributed by atoms with E-state index in [-0.39, 0.29) is 23.4 Å². The lowest BCUT2D eigenvalue weighted by Crippen LogP contribution is -2.31. The zero-order valence-corrected chi connectivity index (χ0v) is 11.8. The van der Waals surface area contributed by atoms with Gasteiger partial charge < -0.3 is 15.8 Å². The van der Waals surface area contributed by atoms with Crippen LogP contribution in [-0.4, -0.2) is 27.6 Å². The number of nitrogens with zero attached hydrogens (tertiary/aromatic N) is 3. The van der Waals surface area contributed by atoms with E-state index in [1.165, 1.54) is 0 Å². The highest BCUT2D eigenvalue weighted by atomic mass is 16.5. The maximum Gasteiger partial charge on any atom is 0.323 e. The molecule has 18 heavy (non-hydrogen) atoms. The fourth-order valence-corrected chi connectivity index (χ4v) is 1.10. The van der Waals surface area contributed by atoms with Crippen LogP contribution in [0.1, 0.15) is 41.0 Å². The molecule has 0 bridgehead atoms. The molecule has 6 heteroatoms. The van der Waals surface area contributed by atoms with Crippen molar-refractivity contribution < 1.29 is 4.74 Å². The van der Waals surface area contributed by atoms with Crippen LogP contribution in [0.3, 0.4) is 0 Å². The van der Waals surface area contributed by atoms with Gasteiger partial charge in [0.05, 0.1) is 6.61 Å². The normalized spacial score (nSPS) is 13.2. The summed E-state index contributed by atoms with van der Waals surface area (Å²) in [4.78, 5) is 12.2. The van der Waals surface area contributed by atoms with E-state index >= 15 is 0 Å². The molecule has 0 aromatic carbocycles. The Balaban J connectivity index is 2.79. The Morgan fingerprint density at radius 3 is 2.50 bits per heavy atom. The van der Waals surface area contributed by atoms with Crippen molar-refractivity contribution in [3.8, 4) is 6.01 Å². The van der Waals surface area contributed by atoms with Crippen LogP contribution < -0.4 is 15.8 Å². The number of anilines is 2. The number of aromatic nitrogens is 3. The van der Waals surface area contributed by atoms with E-state index < -0.39 is 0 Å². The van der Waals surface area contributed by atoms with Gasteiger partial charge in [-0.1, -0.05) is 27.7 Å². The van der Waals surface area contributed by atoms with Crippen molar-refractivity contribution in [3.05, 3.63) is 0 Å². The van der Waals surface area contributed by atoms with Crippen molar-refractivity contribution in [3.63, 3.8) is 0 Å². The second-order valence-electron chi connectivity index (χ2n) is 5.38. The SMILES string of the molecule is CCCOc1nc(N)nc(NC(C)C(C)(C)C)n1. The van der Waals surface area contributed by atoms with E-state index in [1.54, 1.807) is 0 Å². The minimum atomic E-state index is 0.103. The molecule has 0 amide bonds. The summed E-state index contributed by atoms with van der Waals surface area (Å²) in [5, 5.41) is 3.22. The molecule has 0 saturated heterocycles. The van der Waals surface area contributed by atoms with E-state index in [1.807, 2.05) is 6.92 Å². The maximum atomic E-state index is 5.63. The molecule has 1 aromatic heterocycles. The summed E-state index contributed by atoms with van der Waals surface area (Å²) < 4.78 is 5.36. The van der Waals surface area contributed by atoms with Gasteiger partial charge in [0.15, 0.2) is 0 Å². The fourth-order valence-electron chi connectivity index (χ4n) is 1.10. The van der Waals surface area contributed by atoms with Crippen LogP contribution in [0.15, 0.2) is 0 Å². The minimum absolute atomic E-state index is 0.103. The average molecular weight is 253 g/mol. The Hall–Kier alpha value is -1.59. The molecule has 0 saturated carbocycles. The molecule has 1 rings (SSSR count). The van der Waals surface area contributed by atoms with Crippen LogP contribution in [0.5, 0.6) is 6.01 Å². The highest BCUT2D eigenvalue weighted by molar-refractivity contribution is 5.33. The predicted octanol–water partition coefficient (Wildman–Crippen LogP) is 2.09. The molecule has 0 fully saturated rings. The zero-order chi connectivity index (χ0) is 13.8. The van der Waals surface area contributed by atoms with Gasteiger partial charge in [0.2, 0.25) is 11.9 Å². The average Bonchev–Trinajstić information content (AvgIpc) is 2.24. The van der Waals surface area contributed by atoms with Crippen LogP contribution >= 0.6 is 0 Å². The first-order chi connectivity index (χ1) is 8.32. The standard InChI is InChI=1S/C12H23N5O/c1-6-7-18-11-16-9(13)15-10(17-11)14-8(2)12(3,4)5/h8H,6-7H2,1-5H3,(H3,13,14,15,16,17). The van der Waals surface area contributed by atoms with Crippen molar-refractivity contribution in [1.29, 1.82) is 0 Å². The quantitative estimate of drug-likeness (QED) is 0.835. The van der Waals surface area contributed by atoms with Crippen molar-refractivity contribution in [2.45, 2.75) is 47.1 Å². The van der Waals surface area contributed by atoms with Crippen LogP contribution in [-0.2, 0) is 0 Å². The molecule has 0 aliphatic heterocycles. The monoisotopic (exact) mass is 253 g/mol. The summed E-state index contributed by atoms with van der Waals surface area (Å²) in [5.41, 5.74) is 5.74. The molecule has 0 aliphatic rings. The molecular weight excluding hydrogens is 230 g/mol. The number of ether oxygens (including phenoxy) is 1. The van der Waals surface area contributed by atoms with Gasteiger partial charge >= 0.3 is 6.01 Å². The van der Waals surface area contributed by atoms with Crippen LogP contribution in [0, 0.1) is 5.41 Å². The van der Waals surface area contributed by atoms with Crippen molar-refractivity contribution in [2.24, 2.45) is 5.41 Å². The summed E-state index contributed by atoms with van der Waals surface area (Å²) in [5.74, 6) is 0.621. The second-order valence-corrected chi connectivity index (χ2v) is 5.38. The number of rotatable bonds is 5. The lowest BCUT2D eigenvalue weighted by molar-refractivity contribution is 0.291. The maximum absolute atomic E-state index is 5.63. The molecule has 1 atom stereocenters. The second kappa shape index (κ2) is 5.84. The summed E-state index contributed by atoms with van der Waals surface area (Å²) in [6.45, 7) is 11.1. The Labute approximate surface area is 108 Å². The van der Waals surface area contributed by atoms with Crippen LogP contribution in [0.2, 0.25) is 0 Å². The Morgan fingerprint density at radius 2 is 1.94 bits per heavy atom. The molecule has 0 radical (unpaired) electrons. The number of nitrogens with one attached hydrogen (secondary N) is 1. The Kier molecular flexibility index (Phi) is 4.69. The fraction of sp³-hybridized carbons (Fsp3) is 0.750. The topological polar surface area (TPSA) is 86.0 Å². The molecule has 0 aliphatic carbocycles. The molecule has 6 nitrogen and oxygen atoms in total. The third kappa shape index (κ3) is 4.35. The Bertz CT molecular complexity index is 389. The third-order valence-electron chi connectivity index (χ3n) is 2.71. The summed E-state index contributed by atoms with van der Waals surface area (Å²) in [7, 11) is 0. The summed E-state index contributed by atoms with van der Waals surface area (Å²) in [6, 6.07) is 0.478. The molecule has 1 unspecified atom stereocenters. The van der Waals surface area contributed by atoms with E-state index in [9.17, 15) is 0 Å². The van der Waals surface area contributed by atoms with Gasteiger partial charge in [0.25, 0.3) is 0 Å². The molecule has 3 N–H and O–H groups in total. The molecule has 102 valence electrons. The first-order valence-electron chi connectivity index (χ1n) is 6.23. The molecule has 1 heterocycles. The first kappa shape index (κ1) is 14.5. The number of hydrogen-bond acceptors (Lipinski definition) is 6. The zero-order valence-electron chi connectivity index (χ0n) is 11.8.